The summed E-state index contributed by atoms with van der Waals surface area (Å²) in [5.41, 5.74) is 0.562. The predicted molar refractivity (Wildman–Crippen MR) is 77.3 cm³/mol. The molecule has 0 amide bonds. The van der Waals surface area contributed by atoms with Gasteiger partial charge in [0.05, 0.1) is 11.6 Å². The van der Waals surface area contributed by atoms with E-state index in [1.807, 2.05) is 24.7 Å². The molecule has 1 unspecified atom stereocenters. The molecule has 1 aliphatic heterocycles. The lowest BCUT2D eigenvalue weighted by atomic mass is 9.74. The van der Waals surface area contributed by atoms with Gasteiger partial charge in [-0.2, -0.15) is 5.10 Å². The zero-order valence-electron chi connectivity index (χ0n) is 12.7. The quantitative estimate of drug-likeness (QED) is 0.898. The van der Waals surface area contributed by atoms with E-state index in [4.69, 9.17) is 0 Å². The van der Waals surface area contributed by atoms with Crippen LogP contribution in [0.1, 0.15) is 39.2 Å². The predicted octanol–water partition coefficient (Wildman–Crippen LogP) is 2.23. The zero-order chi connectivity index (χ0) is 14.8. The normalized spacial score (nSPS) is 21.1. The Bertz CT molecular complexity index is 467. The Balaban J connectivity index is 1.98. The fourth-order valence-electron chi connectivity index (χ4n) is 2.88. The van der Waals surface area contributed by atoms with Gasteiger partial charge < -0.3 is 5.11 Å². The van der Waals surface area contributed by atoms with Crippen LogP contribution in [0, 0.1) is 11.3 Å². The van der Waals surface area contributed by atoms with Crippen LogP contribution in [-0.2, 0) is 17.9 Å². The monoisotopic (exact) mass is 279 g/mol. The summed E-state index contributed by atoms with van der Waals surface area (Å²) in [5.74, 6) is -0.474. The molecule has 1 aliphatic rings. The van der Waals surface area contributed by atoms with Gasteiger partial charge in [0.1, 0.15) is 0 Å². The first kappa shape index (κ1) is 15.0. The second-order valence-electron chi connectivity index (χ2n) is 6.31. The highest BCUT2D eigenvalue weighted by Gasteiger charge is 2.38. The number of nitrogens with zero attached hydrogens (tertiary/aromatic N) is 3. The number of likely N-dealkylation sites (tertiary alicyclic amines) is 1. The van der Waals surface area contributed by atoms with Crippen molar-refractivity contribution in [3.63, 3.8) is 0 Å². The van der Waals surface area contributed by atoms with Crippen molar-refractivity contribution in [1.82, 2.24) is 14.7 Å². The van der Waals surface area contributed by atoms with Gasteiger partial charge in [-0.25, -0.2) is 0 Å². The molecule has 0 bridgehead atoms. The van der Waals surface area contributed by atoms with Gasteiger partial charge in [-0.3, -0.25) is 14.4 Å². The fraction of sp³-hybridized carbons (Fsp3) is 0.733. The van der Waals surface area contributed by atoms with Crippen molar-refractivity contribution in [2.75, 3.05) is 13.1 Å². The van der Waals surface area contributed by atoms with Crippen LogP contribution in [0.15, 0.2) is 12.4 Å². The minimum absolute atomic E-state index is 0.218. The van der Waals surface area contributed by atoms with Crippen LogP contribution >= 0.6 is 0 Å². The first-order chi connectivity index (χ1) is 9.43. The number of aryl methyl sites for hydroxylation is 1. The van der Waals surface area contributed by atoms with Crippen molar-refractivity contribution in [3.05, 3.63) is 18.0 Å². The molecule has 2 heterocycles. The summed E-state index contributed by atoms with van der Waals surface area (Å²) < 4.78 is 1.93. The van der Waals surface area contributed by atoms with Gasteiger partial charge >= 0.3 is 5.97 Å². The topological polar surface area (TPSA) is 58.4 Å². The Morgan fingerprint density at radius 2 is 2.30 bits per heavy atom. The van der Waals surface area contributed by atoms with Gasteiger partial charge in [-0.1, -0.05) is 0 Å². The molecule has 0 aliphatic carbocycles. The van der Waals surface area contributed by atoms with Crippen LogP contribution < -0.4 is 0 Å². The van der Waals surface area contributed by atoms with Crippen molar-refractivity contribution in [1.29, 1.82) is 0 Å². The molecule has 0 radical (unpaired) electrons. The van der Waals surface area contributed by atoms with Crippen LogP contribution in [0.3, 0.4) is 0 Å². The molecule has 0 spiro atoms. The fourth-order valence-corrected chi connectivity index (χ4v) is 2.88. The molecule has 1 aromatic heterocycles. The first-order valence-corrected chi connectivity index (χ1v) is 7.40. The molecular formula is C15H25N3O2. The van der Waals surface area contributed by atoms with Gasteiger partial charge in [-0.05, 0) is 46.1 Å². The number of rotatable bonds is 5. The summed E-state index contributed by atoms with van der Waals surface area (Å²) in [6.07, 6.45) is 6.06. The summed E-state index contributed by atoms with van der Waals surface area (Å²) in [4.78, 5) is 13.8. The van der Waals surface area contributed by atoms with Crippen LogP contribution in [0.5, 0.6) is 0 Å². The minimum atomic E-state index is -0.692. The maximum absolute atomic E-state index is 11.4. The van der Waals surface area contributed by atoms with Crippen molar-refractivity contribution >= 4 is 5.97 Å². The van der Waals surface area contributed by atoms with E-state index >= 15 is 0 Å². The summed E-state index contributed by atoms with van der Waals surface area (Å²) in [7, 11) is 0. The average Bonchev–Trinajstić information content (AvgIpc) is 2.86. The second kappa shape index (κ2) is 5.95. The second-order valence-corrected chi connectivity index (χ2v) is 6.31. The molecule has 0 aromatic carbocycles. The Kier molecular flexibility index (Phi) is 4.48. The molecule has 1 atom stereocenters. The van der Waals surface area contributed by atoms with Crippen LogP contribution in [-0.4, -0.2) is 38.8 Å². The van der Waals surface area contributed by atoms with Gasteiger partial charge in [0, 0.05) is 31.4 Å². The molecule has 112 valence electrons. The number of hydrogen-bond donors (Lipinski definition) is 1. The molecule has 1 aromatic rings. The van der Waals surface area contributed by atoms with E-state index in [1.165, 1.54) is 5.56 Å². The number of aromatic nitrogens is 2. The smallest absolute Gasteiger partial charge is 0.309 e. The number of carboxylic acid groups (broad SMARTS) is 1. The van der Waals surface area contributed by atoms with Crippen molar-refractivity contribution < 1.29 is 9.90 Å². The van der Waals surface area contributed by atoms with E-state index < -0.39 is 11.4 Å². The third-order valence-electron chi connectivity index (χ3n) is 4.49. The number of piperidine rings is 1. The molecule has 5 nitrogen and oxygen atoms in total. The maximum Gasteiger partial charge on any atom is 0.309 e. The number of hydrogen-bond acceptors (Lipinski definition) is 3. The van der Waals surface area contributed by atoms with E-state index in [9.17, 15) is 9.90 Å². The van der Waals surface area contributed by atoms with Gasteiger partial charge in [-0.15, -0.1) is 0 Å². The number of carbonyl (C=O) groups is 1. The van der Waals surface area contributed by atoms with Gasteiger partial charge in [0.25, 0.3) is 0 Å². The SMILES string of the molecule is CCn1cc(CN2CCCC(C(C)(C)C(=O)O)C2)cn1. The number of carboxylic acids is 1. The van der Waals surface area contributed by atoms with E-state index in [2.05, 4.69) is 23.1 Å². The standard InChI is InChI=1S/C15H25N3O2/c1-4-18-10-12(8-16-18)9-17-7-5-6-13(11-17)15(2,3)14(19)20/h8,10,13H,4-7,9,11H2,1-3H3,(H,19,20). The largest absolute Gasteiger partial charge is 0.481 e. The third-order valence-corrected chi connectivity index (χ3v) is 4.49. The summed E-state index contributed by atoms with van der Waals surface area (Å²) in [6, 6.07) is 0. The maximum atomic E-state index is 11.4. The third kappa shape index (κ3) is 3.20. The molecule has 1 saturated heterocycles. The lowest BCUT2D eigenvalue weighted by Crippen LogP contribution is -2.44. The van der Waals surface area contributed by atoms with Crippen molar-refractivity contribution in [2.24, 2.45) is 11.3 Å². The molecule has 5 heteroatoms. The highest BCUT2D eigenvalue weighted by molar-refractivity contribution is 5.74. The van der Waals surface area contributed by atoms with Crippen molar-refractivity contribution in [3.8, 4) is 0 Å². The van der Waals surface area contributed by atoms with E-state index in [-0.39, 0.29) is 5.92 Å². The molecule has 1 fully saturated rings. The summed E-state index contributed by atoms with van der Waals surface area (Å²) in [6.45, 7) is 9.42. The Morgan fingerprint density at radius 1 is 1.55 bits per heavy atom. The van der Waals surface area contributed by atoms with E-state index in [1.54, 1.807) is 0 Å². The number of aliphatic carboxylic acids is 1. The van der Waals surface area contributed by atoms with Crippen LogP contribution in [0.2, 0.25) is 0 Å². The van der Waals surface area contributed by atoms with Gasteiger partial charge in [0.15, 0.2) is 0 Å². The average molecular weight is 279 g/mol. The molecule has 1 N–H and O–H groups in total. The summed E-state index contributed by atoms with van der Waals surface area (Å²) >= 11 is 0. The summed E-state index contributed by atoms with van der Waals surface area (Å²) in [5, 5.41) is 13.7. The van der Waals surface area contributed by atoms with E-state index in [0.717, 1.165) is 39.0 Å². The first-order valence-electron chi connectivity index (χ1n) is 7.40. The molecule has 0 saturated carbocycles. The van der Waals surface area contributed by atoms with Gasteiger partial charge in [0.2, 0.25) is 0 Å². The van der Waals surface area contributed by atoms with Crippen LogP contribution in [0.4, 0.5) is 0 Å². The highest BCUT2D eigenvalue weighted by Crippen LogP contribution is 2.34. The lowest BCUT2D eigenvalue weighted by molar-refractivity contribution is -0.151. The van der Waals surface area contributed by atoms with Crippen LogP contribution in [0.25, 0.3) is 0 Å². The highest BCUT2D eigenvalue weighted by atomic mass is 16.4. The van der Waals surface area contributed by atoms with E-state index in [0.29, 0.717) is 0 Å². The lowest BCUT2D eigenvalue weighted by Gasteiger charge is -2.39. The Morgan fingerprint density at radius 3 is 2.90 bits per heavy atom. The minimum Gasteiger partial charge on any atom is -0.481 e. The Labute approximate surface area is 120 Å². The van der Waals surface area contributed by atoms with Crippen molar-refractivity contribution in [2.45, 2.75) is 46.7 Å². The Hall–Kier alpha value is -1.36. The molecule has 2 rings (SSSR count). The zero-order valence-corrected chi connectivity index (χ0v) is 12.7. The molecule has 20 heavy (non-hydrogen) atoms. The molecular weight excluding hydrogens is 254 g/mol.